The Bertz CT molecular complexity index is 851. The Morgan fingerprint density at radius 2 is 2.05 bits per heavy atom. The highest BCUT2D eigenvalue weighted by atomic mass is 19.1. The second-order valence-corrected chi connectivity index (χ2v) is 4.89. The minimum atomic E-state index is -1.02. The third-order valence-corrected chi connectivity index (χ3v) is 3.72. The van der Waals surface area contributed by atoms with Crippen LogP contribution in [0.2, 0.25) is 0 Å². The predicted octanol–water partition coefficient (Wildman–Crippen LogP) is 3.39. The van der Waals surface area contributed by atoms with Gasteiger partial charge in [-0.25, -0.2) is 9.18 Å². The molecule has 0 saturated carbocycles. The Morgan fingerprint density at radius 3 is 2.67 bits per heavy atom. The maximum Gasteiger partial charge on any atom is 0.337 e. The topological polar surface area (TPSA) is 55.1 Å². The number of hydrogen-bond acceptors (Lipinski definition) is 2. The molecule has 0 atom stereocenters. The van der Waals surface area contributed by atoms with Crippen LogP contribution in [0, 0.1) is 12.7 Å². The van der Waals surface area contributed by atoms with Crippen molar-refractivity contribution in [3.05, 3.63) is 53.6 Å². The molecule has 1 aromatic carbocycles. The maximum absolute atomic E-state index is 14.0. The standard InChI is InChI=1S/C16H13FN2O2/c1-9-14(13-7-6-10(8-18-13)16(20)21)11-4-3-5-12(17)15(11)19(9)2/h3-8H,1-2H3,(H,20,21). The van der Waals surface area contributed by atoms with Crippen LogP contribution in [0.1, 0.15) is 16.1 Å². The molecule has 0 aliphatic carbocycles. The zero-order valence-corrected chi connectivity index (χ0v) is 11.6. The molecular formula is C16H13FN2O2. The molecule has 1 N–H and O–H groups in total. The molecule has 0 amide bonds. The van der Waals surface area contributed by atoms with Crippen LogP contribution in [-0.4, -0.2) is 20.6 Å². The van der Waals surface area contributed by atoms with Gasteiger partial charge in [0.15, 0.2) is 0 Å². The van der Waals surface area contributed by atoms with E-state index in [0.29, 0.717) is 11.2 Å². The number of fused-ring (bicyclic) bond motifs is 1. The van der Waals surface area contributed by atoms with Crippen molar-refractivity contribution in [2.24, 2.45) is 7.05 Å². The number of aromatic nitrogens is 2. The molecule has 0 spiro atoms. The number of carboxylic acid groups (broad SMARTS) is 1. The summed E-state index contributed by atoms with van der Waals surface area (Å²) in [6.45, 7) is 1.89. The fraction of sp³-hybridized carbons (Fsp3) is 0.125. The van der Waals surface area contributed by atoms with Gasteiger partial charge in [-0.15, -0.1) is 0 Å². The van der Waals surface area contributed by atoms with E-state index in [0.717, 1.165) is 16.6 Å². The van der Waals surface area contributed by atoms with E-state index in [-0.39, 0.29) is 11.4 Å². The van der Waals surface area contributed by atoms with Gasteiger partial charge in [0.2, 0.25) is 0 Å². The largest absolute Gasteiger partial charge is 0.478 e. The maximum atomic E-state index is 14.0. The number of aryl methyl sites for hydroxylation is 1. The summed E-state index contributed by atoms with van der Waals surface area (Å²) in [6.07, 6.45) is 1.31. The Morgan fingerprint density at radius 1 is 1.29 bits per heavy atom. The van der Waals surface area contributed by atoms with Gasteiger partial charge in [-0.3, -0.25) is 4.98 Å². The lowest BCUT2D eigenvalue weighted by Crippen LogP contribution is -1.97. The molecule has 0 fully saturated rings. The summed E-state index contributed by atoms with van der Waals surface area (Å²) in [6, 6.07) is 8.07. The molecule has 0 bridgehead atoms. The molecular weight excluding hydrogens is 271 g/mol. The van der Waals surface area contributed by atoms with E-state index in [1.807, 2.05) is 13.0 Å². The van der Waals surface area contributed by atoms with Crippen LogP contribution in [0.5, 0.6) is 0 Å². The van der Waals surface area contributed by atoms with Crippen molar-refractivity contribution in [2.45, 2.75) is 6.92 Å². The smallest absolute Gasteiger partial charge is 0.337 e. The van der Waals surface area contributed by atoms with E-state index >= 15 is 0 Å². The molecule has 5 heteroatoms. The molecule has 2 aromatic heterocycles. The van der Waals surface area contributed by atoms with Crippen LogP contribution in [0.3, 0.4) is 0 Å². The summed E-state index contributed by atoms with van der Waals surface area (Å²) < 4.78 is 15.8. The fourth-order valence-electron chi connectivity index (χ4n) is 2.58. The van der Waals surface area contributed by atoms with Crippen molar-refractivity contribution in [2.75, 3.05) is 0 Å². The van der Waals surface area contributed by atoms with Crippen molar-refractivity contribution >= 4 is 16.9 Å². The number of benzene rings is 1. The van der Waals surface area contributed by atoms with Crippen LogP contribution >= 0.6 is 0 Å². The highest BCUT2D eigenvalue weighted by Crippen LogP contribution is 2.34. The van der Waals surface area contributed by atoms with Crippen molar-refractivity contribution in [3.8, 4) is 11.3 Å². The van der Waals surface area contributed by atoms with E-state index < -0.39 is 5.97 Å². The molecule has 21 heavy (non-hydrogen) atoms. The van der Waals surface area contributed by atoms with Gasteiger partial charge in [-0.1, -0.05) is 12.1 Å². The van der Waals surface area contributed by atoms with Gasteiger partial charge in [0.25, 0.3) is 0 Å². The Labute approximate surface area is 120 Å². The van der Waals surface area contributed by atoms with Gasteiger partial charge in [-0.05, 0) is 25.1 Å². The Balaban J connectivity index is 2.27. The molecule has 3 aromatic rings. The number of carboxylic acids is 1. The Hall–Kier alpha value is -2.69. The molecule has 0 radical (unpaired) electrons. The van der Waals surface area contributed by atoms with Crippen molar-refractivity contribution in [3.63, 3.8) is 0 Å². The number of halogens is 1. The summed E-state index contributed by atoms with van der Waals surface area (Å²) in [5.41, 5.74) is 2.99. The van der Waals surface area contributed by atoms with Gasteiger partial charge in [0.1, 0.15) is 5.82 Å². The fourth-order valence-corrected chi connectivity index (χ4v) is 2.58. The third-order valence-electron chi connectivity index (χ3n) is 3.72. The van der Waals surface area contributed by atoms with Crippen LogP contribution in [0.15, 0.2) is 36.5 Å². The number of carbonyl (C=O) groups is 1. The van der Waals surface area contributed by atoms with E-state index in [9.17, 15) is 9.18 Å². The summed E-state index contributed by atoms with van der Waals surface area (Å²) in [7, 11) is 1.80. The molecule has 3 rings (SSSR count). The average Bonchev–Trinajstić information content (AvgIpc) is 2.72. The number of hydrogen-bond donors (Lipinski definition) is 1. The van der Waals surface area contributed by atoms with Crippen LogP contribution in [0.4, 0.5) is 4.39 Å². The first kappa shape index (κ1) is 13.3. The molecule has 0 unspecified atom stereocenters. The highest BCUT2D eigenvalue weighted by molar-refractivity contribution is 5.97. The number of pyridine rings is 1. The monoisotopic (exact) mass is 284 g/mol. The summed E-state index contributed by atoms with van der Waals surface area (Å²) in [4.78, 5) is 15.1. The number of aromatic carboxylic acids is 1. The summed E-state index contributed by atoms with van der Waals surface area (Å²) in [5, 5.41) is 9.69. The molecule has 0 aliphatic rings. The first-order valence-electron chi connectivity index (χ1n) is 6.44. The minimum Gasteiger partial charge on any atom is -0.478 e. The van der Waals surface area contributed by atoms with Crippen molar-refractivity contribution in [1.82, 2.24) is 9.55 Å². The predicted molar refractivity (Wildman–Crippen MR) is 77.8 cm³/mol. The van der Waals surface area contributed by atoms with E-state index in [4.69, 9.17) is 5.11 Å². The van der Waals surface area contributed by atoms with Crippen LogP contribution in [0.25, 0.3) is 22.2 Å². The highest BCUT2D eigenvalue weighted by Gasteiger charge is 2.17. The zero-order chi connectivity index (χ0) is 15.1. The minimum absolute atomic E-state index is 0.128. The summed E-state index contributed by atoms with van der Waals surface area (Å²) in [5.74, 6) is -1.30. The van der Waals surface area contributed by atoms with Gasteiger partial charge in [0.05, 0.1) is 16.8 Å². The molecule has 2 heterocycles. The van der Waals surface area contributed by atoms with Gasteiger partial charge >= 0.3 is 5.97 Å². The average molecular weight is 284 g/mol. The van der Waals surface area contributed by atoms with E-state index in [1.54, 1.807) is 23.7 Å². The SMILES string of the molecule is Cc1c(-c2ccc(C(=O)O)cn2)c2cccc(F)c2n1C. The number of para-hydroxylation sites is 1. The van der Waals surface area contributed by atoms with Crippen LogP contribution < -0.4 is 0 Å². The second kappa shape index (κ2) is 4.70. The lowest BCUT2D eigenvalue weighted by molar-refractivity contribution is 0.0696. The second-order valence-electron chi connectivity index (χ2n) is 4.89. The molecule has 0 saturated heterocycles. The lowest BCUT2D eigenvalue weighted by atomic mass is 10.1. The first-order valence-corrected chi connectivity index (χ1v) is 6.44. The molecule has 4 nitrogen and oxygen atoms in total. The van der Waals surface area contributed by atoms with Gasteiger partial charge < -0.3 is 9.67 Å². The van der Waals surface area contributed by atoms with Crippen molar-refractivity contribution in [1.29, 1.82) is 0 Å². The lowest BCUT2D eigenvalue weighted by Gasteiger charge is -2.02. The zero-order valence-electron chi connectivity index (χ0n) is 11.6. The third kappa shape index (κ3) is 1.98. The molecule has 0 aliphatic heterocycles. The van der Waals surface area contributed by atoms with Crippen LogP contribution in [-0.2, 0) is 7.05 Å². The first-order chi connectivity index (χ1) is 10.0. The number of nitrogens with zero attached hydrogens (tertiary/aromatic N) is 2. The quantitative estimate of drug-likeness (QED) is 0.784. The van der Waals surface area contributed by atoms with Crippen molar-refractivity contribution < 1.29 is 14.3 Å². The normalized spacial score (nSPS) is 11.0. The van der Waals surface area contributed by atoms with E-state index in [2.05, 4.69) is 4.98 Å². The number of rotatable bonds is 2. The van der Waals surface area contributed by atoms with E-state index in [1.165, 1.54) is 18.3 Å². The molecule has 106 valence electrons. The van der Waals surface area contributed by atoms with Gasteiger partial charge in [-0.2, -0.15) is 0 Å². The van der Waals surface area contributed by atoms with Gasteiger partial charge in [0, 0.05) is 29.9 Å². The summed E-state index contributed by atoms with van der Waals surface area (Å²) >= 11 is 0. The Kier molecular flexibility index (Phi) is 2.97.